The Morgan fingerprint density at radius 2 is 1.44 bits per heavy atom. The molecule has 2 aromatic rings. The summed E-state index contributed by atoms with van der Waals surface area (Å²) in [6, 6.07) is 19.1. The fourth-order valence-corrected chi connectivity index (χ4v) is 4.66. The van der Waals surface area contributed by atoms with E-state index in [1.807, 2.05) is 36.4 Å². The highest BCUT2D eigenvalue weighted by Gasteiger charge is 2.44. The number of hydrogen-bond donors (Lipinski definition) is 1. The number of nitrogens with zero attached hydrogens (tertiary/aromatic N) is 1. The Kier molecular flexibility index (Phi) is 5.02. The molecule has 0 aromatic heterocycles. The molecule has 4 heteroatoms. The summed E-state index contributed by atoms with van der Waals surface area (Å²) in [6.45, 7) is 0. The molecule has 2 saturated heterocycles. The Morgan fingerprint density at radius 1 is 0.963 bits per heavy atom. The third-order valence-electron chi connectivity index (χ3n) is 6.25. The summed E-state index contributed by atoms with van der Waals surface area (Å²) in [6.07, 6.45) is 5.11. The minimum Gasteiger partial charge on any atom is -0.460 e. The SMILES string of the molecule is CN1C2CCCC1CC(OC(=O)C(O)(c1ccccc1)c1ccccc1)C2. The van der Waals surface area contributed by atoms with Crippen LogP contribution >= 0.6 is 0 Å². The number of rotatable bonds is 4. The molecule has 4 rings (SSSR count). The first-order valence-electron chi connectivity index (χ1n) is 9.85. The molecule has 1 N–H and O–H groups in total. The van der Waals surface area contributed by atoms with Crippen LogP contribution in [0, 0.1) is 0 Å². The van der Waals surface area contributed by atoms with Crippen molar-refractivity contribution in [1.29, 1.82) is 0 Å². The third kappa shape index (κ3) is 3.40. The first-order chi connectivity index (χ1) is 13.1. The van der Waals surface area contributed by atoms with Gasteiger partial charge in [0.05, 0.1) is 0 Å². The van der Waals surface area contributed by atoms with Gasteiger partial charge < -0.3 is 14.7 Å². The number of aliphatic hydroxyl groups is 1. The molecule has 0 aliphatic carbocycles. The summed E-state index contributed by atoms with van der Waals surface area (Å²) in [4.78, 5) is 15.7. The number of carbonyl (C=O) groups is 1. The highest BCUT2D eigenvalue weighted by Crippen LogP contribution is 2.36. The van der Waals surface area contributed by atoms with Crippen LogP contribution in [0.5, 0.6) is 0 Å². The first kappa shape index (κ1) is 18.2. The van der Waals surface area contributed by atoms with Crippen LogP contribution in [0.4, 0.5) is 0 Å². The standard InChI is InChI=1S/C23H27NO3/c1-24-19-13-8-14-20(24)16-21(15-19)27-22(25)23(26,17-9-4-2-5-10-17)18-11-6-3-7-12-18/h2-7,9-12,19-21,26H,8,13-16H2,1H3. The highest BCUT2D eigenvalue weighted by atomic mass is 16.6. The van der Waals surface area contributed by atoms with Crippen molar-refractivity contribution in [2.45, 2.75) is 55.9 Å². The van der Waals surface area contributed by atoms with Gasteiger partial charge in [-0.3, -0.25) is 0 Å². The van der Waals surface area contributed by atoms with Gasteiger partial charge in [0.25, 0.3) is 0 Å². The number of esters is 1. The lowest BCUT2D eigenvalue weighted by atomic mass is 9.83. The quantitative estimate of drug-likeness (QED) is 0.843. The van der Waals surface area contributed by atoms with Crippen LogP contribution in [-0.2, 0) is 15.1 Å². The van der Waals surface area contributed by atoms with Crippen molar-refractivity contribution in [3.63, 3.8) is 0 Å². The van der Waals surface area contributed by atoms with E-state index < -0.39 is 11.6 Å². The van der Waals surface area contributed by atoms with E-state index >= 15 is 0 Å². The fourth-order valence-electron chi connectivity index (χ4n) is 4.66. The summed E-state index contributed by atoms with van der Waals surface area (Å²) in [7, 11) is 2.18. The lowest BCUT2D eigenvalue weighted by Gasteiger charge is -2.47. The van der Waals surface area contributed by atoms with Crippen molar-refractivity contribution in [3.8, 4) is 0 Å². The van der Waals surface area contributed by atoms with Crippen LogP contribution in [0.15, 0.2) is 60.7 Å². The molecule has 2 fully saturated rings. The van der Waals surface area contributed by atoms with Gasteiger partial charge in [0.15, 0.2) is 0 Å². The normalized spacial score (nSPS) is 25.8. The average Bonchev–Trinajstić information content (AvgIpc) is 2.69. The molecule has 2 bridgehead atoms. The van der Waals surface area contributed by atoms with E-state index in [0.29, 0.717) is 23.2 Å². The summed E-state index contributed by atoms with van der Waals surface area (Å²) < 4.78 is 5.93. The average molecular weight is 365 g/mol. The molecular weight excluding hydrogens is 338 g/mol. The van der Waals surface area contributed by atoms with Gasteiger partial charge in [-0.25, -0.2) is 4.79 Å². The number of piperidine rings is 2. The Hall–Kier alpha value is -2.17. The molecule has 2 aliphatic rings. The molecule has 2 atom stereocenters. The predicted molar refractivity (Wildman–Crippen MR) is 104 cm³/mol. The second-order valence-electron chi connectivity index (χ2n) is 7.85. The van der Waals surface area contributed by atoms with Crippen molar-refractivity contribution in [2.24, 2.45) is 0 Å². The van der Waals surface area contributed by atoms with Crippen molar-refractivity contribution >= 4 is 5.97 Å². The minimum atomic E-state index is -1.79. The summed E-state index contributed by atoms with van der Waals surface area (Å²) in [5.74, 6) is -0.576. The number of carbonyl (C=O) groups excluding carboxylic acids is 1. The maximum Gasteiger partial charge on any atom is 0.347 e. The fraction of sp³-hybridized carbons (Fsp3) is 0.435. The predicted octanol–water partition coefficient (Wildman–Crippen LogP) is 3.48. The molecule has 4 nitrogen and oxygen atoms in total. The maximum atomic E-state index is 13.2. The zero-order valence-corrected chi connectivity index (χ0v) is 15.8. The van der Waals surface area contributed by atoms with Crippen LogP contribution in [0.25, 0.3) is 0 Å². The van der Waals surface area contributed by atoms with E-state index in [4.69, 9.17) is 4.74 Å². The molecule has 142 valence electrons. The molecule has 0 spiro atoms. The van der Waals surface area contributed by atoms with E-state index in [1.165, 1.54) is 6.42 Å². The van der Waals surface area contributed by atoms with E-state index in [2.05, 4.69) is 11.9 Å². The van der Waals surface area contributed by atoms with Gasteiger partial charge in [0, 0.05) is 12.1 Å². The molecule has 2 unspecified atom stereocenters. The van der Waals surface area contributed by atoms with Gasteiger partial charge in [-0.1, -0.05) is 67.1 Å². The Labute approximate surface area is 160 Å². The lowest BCUT2D eigenvalue weighted by molar-refractivity contribution is -0.173. The number of hydrogen-bond acceptors (Lipinski definition) is 4. The van der Waals surface area contributed by atoms with Gasteiger partial charge in [-0.05, 0) is 43.9 Å². The monoisotopic (exact) mass is 365 g/mol. The van der Waals surface area contributed by atoms with Crippen LogP contribution < -0.4 is 0 Å². The smallest absolute Gasteiger partial charge is 0.347 e. The van der Waals surface area contributed by atoms with Crippen molar-refractivity contribution in [2.75, 3.05) is 7.05 Å². The van der Waals surface area contributed by atoms with Gasteiger partial charge in [-0.15, -0.1) is 0 Å². The third-order valence-corrected chi connectivity index (χ3v) is 6.25. The molecule has 0 saturated carbocycles. The van der Waals surface area contributed by atoms with Crippen molar-refractivity contribution in [3.05, 3.63) is 71.8 Å². The zero-order chi connectivity index (χ0) is 18.9. The van der Waals surface area contributed by atoms with Crippen LogP contribution in [0.2, 0.25) is 0 Å². The van der Waals surface area contributed by atoms with Crippen molar-refractivity contribution in [1.82, 2.24) is 4.90 Å². The summed E-state index contributed by atoms with van der Waals surface area (Å²) in [5.41, 5.74) is -0.718. The molecule has 0 amide bonds. The van der Waals surface area contributed by atoms with Gasteiger partial charge in [0.2, 0.25) is 5.60 Å². The van der Waals surface area contributed by atoms with E-state index in [1.54, 1.807) is 24.3 Å². The first-order valence-corrected chi connectivity index (χ1v) is 9.85. The number of fused-ring (bicyclic) bond motifs is 2. The Balaban J connectivity index is 1.60. The maximum absolute atomic E-state index is 13.2. The zero-order valence-electron chi connectivity index (χ0n) is 15.8. The van der Waals surface area contributed by atoms with E-state index in [-0.39, 0.29) is 6.10 Å². The van der Waals surface area contributed by atoms with Crippen LogP contribution in [-0.4, -0.2) is 41.2 Å². The van der Waals surface area contributed by atoms with Gasteiger partial charge in [0.1, 0.15) is 6.10 Å². The van der Waals surface area contributed by atoms with Crippen LogP contribution in [0.1, 0.15) is 43.2 Å². The largest absolute Gasteiger partial charge is 0.460 e. The molecule has 2 aliphatic heterocycles. The molecule has 2 heterocycles. The lowest BCUT2D eigenvalue weighted by Crippen LogP contribution is -2.53. The molecular formula is C23H27NO3. The second kappa shape index (κ2) is 7.45. The van der Waals surface area contributed by atoms with E-state index in [9.17, 15) is 9.90 Å². The minimum absolute atomic E-state index is 0.136. The van der Waals surface area contributed by atoms with Gasteiger partial charge >= 0.3 is 5.97 Å². The topological polar surface area (TPSA) is 49.8 Å². The van der Waals surface area contributed by atoms with Gasteiger partial charge in [-0.2, -0.15) is 0 Å². The highest BCUT2D eigenvalue weighted by molar-refractivity contribution is 5.85. The van der Waals surface area contributed by atoms with Crippen molar-refractivity contribution < 1.29 is 14.6 Å². The van der Waals surface area contributed by atoms with Crippen LogP contribution in [0.3, 0.4) is 0 Å². The molecule has 27 heavy (non-hydrogen) atoms. The molecule has 2 aromatic carbocycles. The number of benzene rings is 2. The summed E-state index contributed by atoms with van der Waals surface area (Å²) >= 11 is 0. The molecule has 0 radical (unpaired) electrons. The summed E-state index contributed by atoms with van der Waals surface area (Å²) in [5, 5.41) is 11.5. The number of ether oxygens (including phenoxy) is 1. The Morgan fingerprint density at radius 3 is 1.93 bits per heavy atom. The second-order valence-corrected chi connectivity index (χ2v) is 7.85. The van der Waals surface area contributed by atoms with E-state index in [0.717, 1.165) is 25.7 Å². The Bertz CT molecular complexity index is 723.